The number of aliphatic hydroxyl groups is 5. The fraction of sp³-hybridized carbons (Fsp3) is 0.432. The third kappa shape index (κ3) is 10.8. The molecular weight excluding hydrogens is 756 g/mol. The molecule has 0 amide bonds. The molecule has 20 heteroatoms. The minimum Gasteiger partial charge on any atom is -0.504 e. The maximum atomic E-state index is 13.4. The van der Waals surface area contributed by atoms with Crippen molar-refractivity contribution in [3.63, 3.8) is 0 Å². The normalized spacial score (nSPS) is 20.5. The molecule has 0 aliphatic carbocycles. The number of ether oxygens (including phenoxy) is 6. The Morgan fingerprint density at radius 3 is 2.32 bits per heavy atom. The van der Waals surface area contributed by atoms with Crippen LogP contribution in [0.25, 0.3) is 0 Å². The summed E-state index contributed by atoms with van der Waals surface area (Å²) in [7, 11) is 2.58. The van der Waals surface area contributed by atoms with Crippen LogP contribution in [0.5, 0.6) is 34.5 Å². The number of nitrogens with one attached hydrogen (secondary N) is 2. The van der Waals surface area contributed by atoms with Crippen LogP contribution in [0.1, 0.15) is 45.7 Å². The summed E-state index contributed by atoms with van der Waals surface area (Å²) in [6.45, 7) is 2.77. The fourth-order valence-corrected chi connectivity index (χ4v) is 5.55. The van der Waals surface area contributed by atoms with Gasteiger partial charge in [-0.3, -0.25) is 4.99 Å². The van der Waals surface area contributed by atoms with Crippen LogP contribution in [-0.2, 0) is 22.3 Å². The molecule has 7 unspecified atom stereocenters. The quantitative estimate of drug-likeness (QED) is 0.0349. The molecule has 312 valence electrons. The number of aliphatic imine (C=N–C) groups is 1. The first kappa shape index (κ1) is 44.0. The highest BCUT2D eigenvalue weighted by atomic mass is 16.7. The van der Waals surface area contributed by atoms with Crippen molar-refractivity contribution < 1.29 is 78.9 Å². The Balaban J connectivity index is 1.58. The summed E-state index contributed by atoms with van der Waals surface area (Å²) >= 11 is 0. The van der Waals surface area contributed by atoms with Gasteiger partial charge in [0.25, 0.3) is 0 Å². The number of guanidine groups is 1. The molecule has 0 saturated carbocycles. The Morgan fingerprint density at radius 2 is 1.67 bits per heavy atom. The number of carboxylic acids is 1. The van der Waals surface area contributed by atoms with Gasteiger partial charge < -0.3 is 85.6 Å². The molecule has 1 aliphatic rings. The number of hydrogen-bond acceptors (Lipinski definition) is 17. The van der Waals surface area contributed by atoms with Crippen molar-refractivity contribution in [1.29, 1.82) is 0 Å². The first-order chi connectivity index (χ1) is 27.1. The van der Waals surface area contributed by atoms with Gasteiger partial charge in [0, 0.05) is 37.7 Å². The number of carbonyl (C=O) groups excluding carboxylic acids is 1. The number of nitrogens with zero attached hydrogens (tertiary/aromatic N) is 1. The van der Waals surface area contributed by atoms with E-state index in [1.165, 1.54) is 14.2 Å². The van der Waals surface area contributed by atoms with Gasteiger partial charge in [0.05, 0.1) is 31.6 Å². The van der Waals surface area contributed by atoms with Gasteiger partial charge in [-0.1, -0.05) is 31.2 Å². The summed E-state index contributed by atoms with van der Waals surface area (Å²) in [4.78, 5) is 29.2. The summed E-state index contributed by atoms with van der Waals surface area (Å²) in [6, 6.07) is 10.2. The number of aromatic carboxylic acids is 1. The minimum absolute atomic E-state index is 0.0307. The zero-order valence-electron chi connectivity index (χ0n) is 31.5. The summed E-state index contributed by atoms with van der Waals surface area (Å²) < 4.78 is 32.9. The third-order valence-corrected chi connectivity index (χ3v) is 8.74. The van der Waals surface area contributed by atoms with Crippen LogP contribution in [0.2, 0.25) is 0 Å². The number of rotatable bonds is 18. The number of carboxylic acid groups (broad SMARTS) is 1. The lowest BCUT2D eigenvalue weighted by Crippen LogP contribution is -2.62. The Kier molecular flexibility index (Phi) is 15.3. The molecule has 3 aromatic rings. The average molecular weight is 805 g/mol. The Labute approximate surface area is 326 Å². The number of aromatic hydroxyl groups is 2. The van der Waals surface area contributed by atoms with Gasteiger partial charge >= 0.3 is 11.9 Å². The lowest BCUT2D eigenvalue weighted by Gasteiger charge is -2.41. The number of methoxy groups -OCH3 is 1. The number of nitrogens with two attached hydrogens (primary N) is 1. The van der Waals surface area contributed by atoms with Gasteiger partial charge in [-0.15, -0.1) is 0 Å². The third-order valence-electron chi connectivity index (χ3n) is 8.74. The molecule has 3 aromatic carbocycles. The van der Waals surface area contributed by atoms with E-state index in [0.717, 1.165) is 35.7 Å². The lowest BCUT2D eigenvalue weighted by atomic mass is 9.98. The van der Waals surface area contributed by atoms with Crippen molar-refractivity contribution in [2.75, 3.05) is 39.4 Å². The van der Waals surface area contributed by atoms with Crippen LogP contribution in [0, 0.1) is 0 Å². The number of esters is 1. The summed E-state index contributed by atoms with van der Waals surface area (Å²) in [5, 5.41) is 89.9. The summed E-state index contributed by atoms with van der Waals surface area (Å²) in [5.41, 5.74) is 6.63. The smallest absolute Gasteiger partial charge is 0.344 e. The van der Waals surface area contributed by atoms with Crippen LogP contribution in [0.15, 0.2) is 47.5 Å². The molecule has 1 saturated heterocycles. The first-order valence-corrected chi connectivity index (χ1v) is 17.6. The first-order valence-electron chi connectivity index (χ1n) is 17.6. The van der Waals surface area contributed by atoms with Crippen LogP contribution < -0.4 is 35.3 Å². The molecule has 57 heavy (non-hydrogen) atoms. The number of aryl methyl sites for hydroxylation is 1. The topological polar surface area (TPSA) is 314 Å². The van der Waals surface area contributed by atoms with Crippen LogP contribution in [0.3, 0.4) is 0 Å². The Morgan fingerprint density at radius 1 is 0.965 bits per heavy atom. The molecule has 0 bridgehead atoms. The lowest BCUT2D eigenvalue weighted by molar-refractivity contribution is -0.309. The van der Waals surface area contributed by atoms with Crippen LogP contribution in [-0.4, -0.2) is 136 Å². The zero-order valence-corrected chi connectivity index (χ0v) is 31.5. The molecule has 1 aliphatic heterocycles. The maximum Gasteiger partial charge on any atom is 0.344 e. The highest BCUT2D eigenvalue weighted by Crippen LogP contribution is 2.46. The number of aliphatic hydroxyl groups excluding tert-OH is 5. The van der Waals surface area contributed by atoms with E-state index in [-0.39, 0.29) is 47.8 Å². The summed E-state index contributed by atoms with van der Waals surface area (Å²) in [5.74, 6) is -5.70. The van der Waals surface area contributed by atoms with Crippen LogP contribution >= 0.6 is 0 Å². The van der Waals surface area contributed by atoms with Gasteiger partial charge in [0.15, 0.2) is 41.8 Å². The van der Waals surface area contributed by atoms with Crippen molar-refractivity contribution in [2.45, 2.75) is 69.7 Å². The highest BCUT2D eigenvalue weighted by molar-refractivity contribution is 5.96. The van der Waals surface area contributed by atoms with Gasteiger partial charge in [-0.2, -0.15) is 0 Å². The maximum absolute atomic E-state index is 13.4. The monoisotopic (exact) mass is 804 g/mol. The second kappa shape index (κ2) is 19.9. The van der Waals surface area contributed by atoms with Crippen molar-refractivity contribution in [2.24, 2.45) is 10.7 Å². The molecular formula is C37H48N4O16. The molecule has 12 N–H and O–H groups in total. The van der Waals surface area contributed by atoms with E-state index in [4.69, 9.17) is 34.2 Å². The second-order valence-corrected chi connectivity index (χ2v) is 12.7. The van der Waals surface area contributed by atoms with E-state index >= 15 is 0 Å². The van der Waals surface area contributed by atoms with Crippen LogP contribution in [0.4, 0.5) is 5.69 Å². The van der Waals surface area contributed by atoms with Crippen molar-refractivity contribution in [1.82, 2.24) is 5.32 Å². The van der Waals surface area contributed by atoms with E-state index in [0.29, 0.717) is 6.42 Å². The van der Waals surface area contributed by atoms with E-state index in [1.54, 1.807) is 6.92 Å². The number of phenolic OH excluding ortho intramolecular Hbond substituents is 2. The molecule has 1 heterocycles. The van der Waals surface area contributed by atoms with Gasteiger partial charge in [-0.05, 0) is 24.5 Å². The Bertz CT molecular complexity index is 1890. The number of carbonyl (C=O) groups is 2. The zero-order chi connectivity index (χ0) is 42.0. The van der Waals surface area contributed by atoms with Crippen molar-refractivity contribution in [3.05, 3.63) is 64.7 Å². The predicted octanol–water partition coefficient (Wildman–Crippen LogP) is 0.0134. The fourth-order valence-electron chi connectivity index (χ4n) is 5.55. The number of anilines is 1. The standard InChI is InChI=1S/C37H48N4O16/c1-5-18-7-6-8-19(11-18)9-10-53-31-26(43)21(13-25(52-4)27(31)44)34(50)57-35(51)32-29(46)28(45)30(47)36(56-32)55-24-14-22(41-17(2)15-42)20(33(48)49)12-23(24)54-16-40-37(38)39-3/h6-8,11-14,17,28-30,32,35-36,41-47,51H,5,9-10,15-16H2,1-4H3,(H,48,49)(H3,38,39,40). The minimum atomic E-state index is -2.40. The summed E-state index contributed by atoms with van der Waals surface area (Å²) in [6.07, 6.45) is -11.4. The molecule has 7 atom stereocenters. The molecule has 0 aromatic heterocycles. The number of benzene rings is 3. The molecule has 1 fully saturated rings. The van der Waals surface area contributed by atoms with Gasteiger partial charge in [-0.25, -0.2) is 9.59 Å². The average Bonchev–Trinajstić information content (AvgIpc) is 3.19. The van der Waals surface area contributed by atoms with E-state index in [9.17, 15) is 50.4 Å². The number of phenols is 2. The SMILES string of the molecule is CCc1cccc(CCOc2c(O)c(OC)cc(C(=O)OC(O)C3OC(Oc4cc(NC(C)CO)c(C(=O)O)cc4OCNC(N)=NC)C(O)C(O)C3O)c2O)c1. The number of hydrogen-bond donors (Lipinski definition) is 11. The van der Waals surface area contributed by atoms with Gasteiger partial charge in [0.2, 0.25) is 24.1 Å². The van der Waals surface area contributed by atoms with E-state index in [2.05, 4.69) is 15.6 Å². The highest BCUT2D eigenvalue weighted by Gasteiger charge is 2.49. The predicted molar refractivity (Wildman–Crippen MR) is 200 cm³/mol. The van der Waals surface area contributed by atoms with Gasteiger partial charge in [0.1, 0.15) is 23.9 Å². The molecule has 20 nitrogen and oxygen atoms in total. The molecule has 4 rings (SSSR count). The van der Waals surface area contributed by atoms with Crippen molar-refractivity contribution >= 4 is 23.6 Å². The molecule has 0 radical (unpaired) electrons. The Hall–Kier alpha value is -5.77. The second-order valence-electron chi connectivity index (χ2n) is 12.7. The molecule has 0 spiro atoms. The van der Waals surface area contributed by atoms with Crippen molar-refractivity contribution in [3.8, 4) is 34.5 Å². The van der Waals surface area contributed by atoms with E-state index < -0.39 is 84.4 Å². The largest absolute Gasteiger partial charge is 0.504 e. The van der Waals surface area contributed by atoms with E-state index in [1.807, 2.05) is 31.2 Å².